The van der Waals surface area contributed by atoms with Crippen molar-refractivity contribution in [2.24, 2.45) is 0 Å². The highest BCUT2D eigenvalue weighted by molar-refractivity contribution is 6.34. The van der Waals surface area contributed by atoms with Gasteiger partial charge in [-0.3, -0.25) is 9.69 Å². The molecule has 0 radical (unpaired) electrons. The molecule has 0 bridgehead atoms. The first-order valence-corrected chi connectivity index (χ1v) is 7.79. The molecule has 1 atom stereocenters. The van der Waals surface area contributed by atoms with Crippen LogP contribution in [-0.4, -0.2) is 54.9 Å². The van der Waals surface area contributed by atoms with Gasteiger partial charge in [0.1, 0.15) is 0 Å². The van der Waals surface area contributed by atoms with E-state index in [4.69, 9.17) is 16.3 Å². The number of benzene rings is 1. The summed E-state index contributed by atoms with van der Waals surface area (Å²) in [5, 5.41) is 14.8. The van der Waals surface area contributed by atoms with Crippen LogP contribution in [0.2, 0.25) is 5.02 Å². The molecule has 9 heteroatoms. The minimum absolute atomic E-state index is 0.0973. The van der Waals surface area contributed by atoms with Crippen LogP contribution in [0.25, 0.3) is 0 Å². The summed E-state index contributed by atoms with van der Waals surface area (Å²) in [6.45, 7) is 1.16. The van der Waals surface area contributed by atoms with Crippen LogP contribution in [0.3, 0.4) is 0 Å². The van der Waals surface area contributed by atoms with Gasteiger partial charge in [0.05, 0.1) is 17.2 Å². The topological polar surface area (TPSA) is 108 Å². The van der Waals surface area contributed by atoms with E-state index in [0.717, 1.165) is 0 Å². The Morgan fingerprint density at radius 3 is 2.79 bits per heavy atom. The Morgan fingerprint density at radius 2 is 2.21 bits per heavy atom. The number of rotatable bonds is 4. The Kier molecular flexibility index (Phi) is 4.33. The lowest BCUT2D eigenvalue weighted by Gasteiger charge is -2.24. The predicted octanol–water partition coefficient (Wildman–Crippen LogP) is 0.843. The molecular weight excluding hydrogens is 338 g/mol. The van der Waals surface area contributed by atoms with Gasteiger partial charge in [0.25, 0.3) is 5.91 Å². The van der Waals surface area contributed by atoms with Crippen LogP contribution in [-0.2, 0) is 9.53 Å². The fourth-order valence-electron chi connectivity index (χ4n) is 2.74. The number of carbonyl (C=O) groups excluding carboxylic acids is 2. The van der Waals surface area contributed by atoms with Gasteiger partial charge in [-0.1, -0.05) is 11.6 Å². The van der Waals surface area contributed by atoms with Crippen molar-refractivity contribution in [2.45, 2.75) is 12.0 Å². The van der Waals surface area contributed by atoms with E-state index in [0.29, 0.717) is 18.8 Å². The molecule has 3 amide bonds. The van der Waals surface area contributed by atoms with Crippen molar-refractivity contribution in [1.82, 2.24) is 10.6 Å². The second kappa shape index (κ2) is 6.29. The van der Waals surface area contributed by atoms with Crippen molar-refractivity contribution < 1.29 is 24.2 Å². The highest BCUT2D eigenvalue weighted by Crippen LogP contribution is 2.26. The van der Waals surface area contributed by atoms with E-state index < -0.39 is 17.4 Å². The maximum absolute atomic E-state index is 12.5. The molecule has 2 saturated heterocycles. The molecule has 24 heavy (non-hydrogen) atoms. The van der Waals surface area contributed by atoms with Crippen LogP contribution in [0.5, 0.6) is 0 Å². The number of amides is 3. The number of carboxylic acids is 1. The number of hydrogen-bond acceptors (Lipinski definition) is 4. The minimum Gasteiger partial charge on any atom is -0.479 e. The number of halogens is 1. The molecule has 0 spiro atoms. The fourth-order valence-corrected chi connectivity index (χ4v) is 2.95. The molecule has 0 aliphatic carbocycles. The number of urea groups is 1. The minimum atomic E-state index is -1.46. The Labute approximate surface area is 142 Å². The normalized spacial score (nSPS) is 23.2. The predicted molar refractivity (Wildman–Crippen MR) is 85.5 cm³/mol. The van der Waals surface area contributed by atoms with E-state index >= 15 is 0 Å². The number of carbonyl (C=O) groups is 3. The van der Waals surface area contributed by atoms with E-state index in [9.17, 15) is 19.5 Å². The Hall–Kier alpha value is -2.32. The molecule has 1 aromatic carbocycles. The highest BCUT2D eigenvalue weighted by Gasteiger charge is 2.44. The average molecular weight is 354 g/mol. The monoisotopic (exact) mass is 353 g/mol. The lowest BCUT2D eigenvalue weighted by Crippen LogP contribution is -2.55. The first-order chi connectivity index (χ1) is 11.4. The Balaban J connectivity index is 1.86. The molecule has 1 unspecified atom stereocenters. The maximum atomic E-state index is 12.5. The standard InChI is InChI=1S/C15H16ClN3O5/c16-11-2-1-9(19-5-4-17-14(19)23)7-10(11)12(20)18-15(13(21)22)3-6-24-8-15/h1-2,7H,3-6,8H2,(H,17,23)(H,18,20)(H,21,22). The number of aliphatic carboxylic acids is 1. The lowest BCUT2D eigenvalue weighted by molar-refractivity contribution is -0.144. The third-order valence-electron chi connectivity index (χ3n) is 4.15. The van der Waals surface area contributed by atoms with E-state index in [1.807, 2.05) is 0 Å². The van der Waals surface area contributed by atoms with E-state index in [-0.39, 0.29) is 36.3 Å². The molecule has 2 heterocycles. The van der Waals surface area contributed by atoms with Crippen molar-refractivity contribution >= 4 is 35.2 Å². The molecule has 8 nitrogen and oxygen atoms in total. The lowest BCUT2D eigenvalue weighted by atomic mass is 9.98. The second-order valence-corrected chi connectivity index (χ2v) is 6.10. The summed E-state index contributed by atoms with van der Waals surface area (Å²) in [7, 11) is 0. The molecule has 128 valence electrons. The first kappa shape index (κ1) is 16.5. The number of hydrogen-bond donors (Lipinski definition) is 3. The van der Waals surface area contributed by atoms with Crippen LogP contribution >= 0.6 is 11.6 Å². The zero-order valence-corrected chi connectivity index (χ0v) is 13.4. The van der Waals surface area contributed by atoms with Crippen molar-refractivity contribution in [2.75, 3.05) is 31.2 Å². The van der Waals surface area contributed by atoms with Crippen molar-refractivity contribution in [3.63, 3.8) is 0 Å². The number of ether oxygens (including phenoxy) is 1. The van der Waals surface area contributed by atoms with E-state index in [2.05, 4.69) is 10.6 Å². The van der Waals surface area contributed by atoms with Gasteiger partial charge < -0.3 is 20.5 Å². The molecule has 1 aromatic rings. The zero-order chi connectivity index (χ0) is 17.3. The SMILES string of the molecule is O=C(NC1(C(=O)O)CCOC1)c1cc(N2CCNC2=O)ccc1Cl. The molecule has 2 aliphatic heterocycles. The van der Waals surface area contributed by atoms with Crippen LogP contribution in [0, 0.1) is 0 Å². The largest absolute Gasteiger partial charge is 0.479 e. The summed E-state index contributed by atoms with van der Waals surface area (Å²) < 4.78 is 5.12. The third kappa shape index (κ3) is 2.90. The Morgan fingerprint density at radius 1 is 1.42 bits per heavy atom. The van der Waals surface area contributed by atoms with Crippen LogP contribution in [0.1, 0.15) is 16.8 Å². The number of anilines is 1. The van der Waals surface area contributed by atoms with E-state index in [1.54, 1.807) is 6.07 Å². The second-order valence-electron chi connectivity index (χ2n) is 5.69. The summed E-state index contributed by atoms with van der Waals surface area (Å²) in [5.74, 6) is -1.77. The van der Waals surface area contributed by atoms with Gasteiger partial charge in [-0.15, -0.1) is 0 Å². The molecule has 0 saturated carbocycles. The molecule has 3 rings (SSSR count). The molecular formula is C15H16ClN3O5. The summed E-state index contributed by atoms with van der Waals surface area (Å²) >= 11 is 6.09. The first-order valence-electron chi connectivity index (χ1n) is 7.41. The van der Waals surface area contributed by atoms with Gasteiger partial charge >= 0.3 is 12.0 Å². The third-order valence-corrected chi connectivity index (χ3v) is 4.48. The van der Waals surface area contributed by atoms with Crippen molar-refractivity contribution in [3.8, 4) is 0 Å². The van der Waals surface area contributed by atoms with Gasteiger partial charge in [0.2, 0.25) is 0 Å². The number of nitrogens with one attached hydrogen (secondary N) is 2. The van der Waals surface area contributed by atoms with Gasteiger partial charge in [0, 0.05) is 31.8 Å². The maximum Gasteiger partial charge on any atom is 0.331 e. The summed E-state index contributed by atoms with van der Waals surface area (Å²) in [5.41, 5.74) is -0.825. The van der Waals surface area contributed by atoms with Crippen LogP contribution < -0.4 is 15.5 Å². The van der Waals surface area contributed by atoms with Crippen molar-refractivity contribution in [3.05, 3.63) is 28.8 Å². The van der Waals surface area contributed by atoms with Gasteiger partial charge in [-0.05, 0) is 18.2 Å². The molecule has 3 N–H and O–H groups in total. The van der Waals surface area contributed by atoms with Gasteiger partial charge in [0.15, 0.2) is 5.54 Å². The molecule has 0 aromatic heterocycles. The summed E-state index contributed by atoms with van der Waals surface area (Å²) in [4.78, 5) is 37.3. The summed E-state index contributed by atoms with van der Waals surface area (Å²) in [6.07, 6.45) is 0.180. The zero-order valence-electron chi connectivity index (χ0n) is 12.7. The smallest absolute Gasteiger partial charge is 0.331 e. The average Bonchev–Trinajstić information content (AvgIpc) is 3.18. The van der Waals surface area contributed by atoms with E-state index in [1.165, 1.54) is 17.0 Å². The van der Waals surface area contributed by atoms with Crippen LogP contribution in [0.4, 0.5) is 10.5 Å². The quantitative estimate of drug-likeness (QED) is 0.743. The van der Waals surface area contributed by atoms with Gasteiger partial charge in [-0.2, -0.15) is 0 Å². The van der Waals surface area contributed by atoms with Gasteiger partial charge in [-0.25, -0.2) is 9.59 Å². The van der Waals surface area contributed by atoms with Crippen molar-refractivity contribution in [1.29, 1.82) is 0 Å². The Bertz CT molecular complexity index is 702. The highest BCUT2D eigenvalue weighted by atomic mass is 35.5. The fraction of sp³-hybridized carbons (Fsp3) is 0.400. The number of nitrogens with zero attached hydrogens (tertiary/aromatic N) is 1. The molecule has 2 fully saturated rings. The summed E-state index contributed by atoms with van der Waals surface area (Å²) in [6, 6.07) is 4.37. The van der Waals surface area contributed by atoms with Crippen LogP contribution in [0.15, 0.2) is 18.2 Å². The number of carboxylic acid groups (broad SMARTS) is 1. The molecule has 2 aliphatic rings.